The van der Waals surface area contributed by atoms with Gasteiger partial charge in [-0.25, -0.2) is 0 Å². The predicted molar refractivity (Wildman–Crippen MR) is 57.1 cm³/mol. The van der Waals surface area contributed by atoms with Crippen LogP contribution in [-0.4, -0.2) is 37.1 Å². The second-order valence-corrected chi connectivity index (χ2v) is 3.58. The maximum absolute atomic E-state index is 12.3. The molecule has 0 heterocycles. The molecule has 0 aromatic rings. The Kier molecular flexibility index (Phi) is 7.10. The summed E-state index contributed by atoms with van der Waals surface area (Å²) >= 11 is 0. The van der Waals surface area contributed by atoms with Crippen LogP contribution in [0.1, 0.15) is 26.7 Å². The van der Waals surface area contributed by atoms with Gasteiger partial charge in [-0.05, 0) is 13.8 Å². The van der Waals surface area contributed by atoms with Gasteiger partial charge in [0.25, 0.3) is 0 Å². The molecule has 0 saturated heterocycles. The molecule has 0 aliphatic carbocycles. The summed E-state index contributed by atoms with van der Waals surface area (Å²) in [6, 6.07) is 0. The molecule has 110 valence electrons. The maximum atomic E-state index is 12.3. The number of halogens is 3. The first kappa shape index (κ1) is 17.4. The smallest absolute Gasteiger partial charge is 0.450 e. The Bertz CT molecular complexity index is 318. The maximum Gasteiger partial charge on any atom is 0.450 e. The van der Waals surface area contributed by atoms with Crippen LogP contribution in [0, 0.1) is 5.92 Å². The van der Waals surface area contributed by atoms with Gasteiger partial charge in [0.1, 0.15) is 0 Å². The van der Waals surface area contributed by atoms with Gasteiger partial charge in [0.05, 0.1) is 26.1 Å². The molecule has 5 nitrogen and oxygen atoms in total. The zero-order chi connectivity index (χ0) is 15.1. The molecule has 0 aliphatic rings. The Morgan fingerprint density at radius 2 is 1.32 bits per heavy atom. The van der Waals surface area contributed by atoms with E-state index in [0.29, 0.717) is 0 Å². The van der Waals surface area contributed by atoms with Crippen molar-refractivity contribution in [2.45, 2.75) is 32.9 Å². The van der Waals surface area contributed by atoms with E-state index in [2.05, 4.69) is 9.47 Å². The fraction of sp³-hybridized carbons (Fsp3) is 0.727. The minimum atomic E-state index is -5.11. The monoisotopic (exact) mass is 284 g/mol. The van der Waals surface area contributed by atoms with Gasteiger partial charge < -0.3 is 9.47 Å². The van der Waals surface area contributed by atoms with Crippen molar-refractivity contribution in [1.29, 1.82) is 0 Å². The number of Topliss-reactive ketones (excluding diaryl/α,β-unsaturated/α-hetero) is 1. The van der Waals surface area contributed by atoms with Gasteiger partial charge in [0.15, 0.2) is 0 Å². The van der Waals surface area contributed by atoms with Crippen molar-refractivity contribution >= 4 is 17.7 Å². The number of ether oxygens (including phenoxy) is 2. The van der Waals surface area contributed by atoms with Crippen LogP contribution in [0.3, 0.4) is 0 Å². The first-order valence-electron chi connectivity index (χ1n) is 5.64. The van der Waals surface area contributed by atoms with E-state index in [1.807, 2.05) is 0 Å². The number of rotatable bonds is 7. The van der Waals surface area contributed by atoms with Crippen molar-refractivity contribution < 1.29 is 37.0 Å². The van der Waals surface area contributed by atoms with Crippen molar-refractivity contribution in [3.63, 3.8) is 0 Å². The summed E-state index contributed by atoms with van der Waals surface area (Å²) < 4.78 is 45.9. The Morgan fingerprint density at radius 3 is 1.58 bits per heavy atom. The molecule has 0 radical (unpaired) electrons. The zero-order valence-corrected chi connectivity index (χ0v) is 10.6. The minimum absolute atomic E-state index is 0.0227. The lowest BCUT2D eigenvalue weighted by atomic mass is 9.96. The summed E-state index contributed by atoms with van der Waals surface area (Å²) in [4.78, 5) is 33.4. The molecule has 0 amide bonds. The highest BCUT2D eigenvalue weighted by atomic mass is 19.4. The van der Waals surface area contributed by atoms with Crippen LogP contribution in [0.4, 0.5) is 13.2 Å². The molecule has 0 aliphatic heterocycles. The molecule has 0 atom stereocenters. The molecule has 0 aromatic carbocycles. The third-order valence-electron chi connectivity index (χ3n) is 2.09. The van der Waals surface area contributed by atoms with Gasteiger partial charge in [-0.2, -0.15) is 13.2 Å². The minimum Gasteiger partial charge on any atom is -0.466 e. The Morgan fingerprint density at radius 1 is 0.947 bits per heavy atom. The van der Waals surface area contributed by atoms with E-state index in [0.717, 1.165) is 0 Å². The van der Waals surface area contributed by atoms with Gasteiger partial charge in [-0.1, -0.05) is 0 Å². The molecule has 0 aromatic heterocycles. The molecule has 0 rings (SSSR count). The van der Waals surface area contributed by atoms with Crippen LogP contribution >= 0.6 is 0 Å². The van der Waals surface area contributed by atoms with E-state index >= 15 is 0 Å². The highest BCUT2D eigenvalue weighted by Gasteiger charge is 2.44. The number of carbonyl (C=O) groups excluding carboxylic acids is 3. The van der Waals surface area contributed by atoms with Crippen molar-refractivity contribution in [2.75, 3.05) is 13.2 Å². The van der Waals surface area contributed by atoms with Gasteiger partial charge in [0.2, 0.25) is 5.78 Å². The van der Waals surface area contributed by atoms with Gasteiger partial charge in [-0.3, -0.25) is 14.4 Å². The van der Waals surface area contributed by atoms with E-state index in [-0.39, 0.29) is 13.2 Å². The molecule has 0 saturated carbocycles. The van der Waals surface area contributed by atoms with E-state index in [4.69, 9.17) is 0 Å². The summed E-state index contributed by atoms with van der Waals surface area (Å²) in [5.74, 6) is -5.87. The molecule has 0 N–H and O–H groups in total. The molecule has 0 spiro atoms. The largest absolute Gasteiger partial charge is 0.466 e. The summed E-state index contributed by atoms with van der Waals surface area (Å²) in [7, 11) is 0. The summed E-state index contributed by atoms with van der Waals surface area (Å²) in [6.07, 6.45) is -6.71. The number of hydrogen-bond donors (Lipinski definition) is 0. The van der Waals surface area contributed by atoms with Crippen LogP contribution in [-0.2, 0) is 23.9 Å². The van der Waals surface area contributed by atoms with Crippen LogP contribution in [0.25, 0.3) is 0 Å². The number of esters is 2. The molecular weight excluding hydrogens is 269 g/mol. The number of hydrogen-bond acceptors (Lipinski definition) is 5. The topological polar surface area (TPSA) is 69.7 Å². The van der Waals surface area contributed by atoms with Crippen molar-refractivity contribution in [2.24, 2.45) is 5.92 Å². The van der Waals surface area contributed by atoms with Crippen molar-refractivity contribution in [3.8, 4) is 0 Å². The fourth-order valence-electron chi connectivity index (χ4n) is 1.33. The highest BCUT2D eigenvalue weighted by molar-refractivity contribution is 5.92. The third kappa shape index (κ3) is 6.78. The third-order valence-corrected chi connectivity index (χ3v) is 2.09. The number of ketones is 1. The number of carbonyl (C=O) groups is 3. The first-order chi connectivity index (χ1) is 8.72. The van der Waals surface area contributed by atoms with E-state index in [1.54, 1.807) is 0 Å². The number of alkyl halides is 3. The summed E-state index contributed by atoms with van der Waals surface area (Å²) in [5.41, 5.74) is 0. The first-order valence-corrected chi connectivity index (χ1v) is 5.64. The van der Waals surface area contributed by atoms with E-state index < -0.39 is 42.7 Å². The lowest BCUT2D eigenvalue weighted by Crippen LogP contribution is -2.34. The quantitative estimate of drug-likeness (QED) is 0.665. The molecule has 0 bridgehead atoms. The van der Waals surface area contributed by atoms with Crippen LogP contribution in [0.2, 0.25) is 0 Å². The predicted octanol–water partition coefficient (Wildman–Crippen LogP) is 1.64. The Hall–Kier alpha value is -1.60. The van der Waals surface area contributed by atoms with Crippen LogP contribution in [0.5, 0.6) is 0 Å². The lowest BCUT2D eigenvalue weighted by Gasteiger charge is -2.15. The SMILES string of the molecule is CCOC(=O)CC(CC(=O)OCC)C(=O)C(F)(F)F. The van der Waals surface area contributed by atoms with Gasteiger partial charge >= 0.3 is 18.1 Å². The fourth-order valence-corrected chi connectivity index (χ4v) is 1.33. The molecular formula is C11H15F3O5. The zero-order valence-electron chi connectivity index (χ0n) is 10.6. The average Bonchev–Trinajstić information content (AvgIpc) is 2.26. The normalized spacial score (nSPS) is 11.3. The second-order valence-electron chi connectivity index (χ2n) is 3.58. The van der Waals surface area contributed by atoms with Gasteiger partial charge in [-0.15, -0.1) is 0 Å². The Labute approximate surface area is 108 Å². The standard InChI is InChI=1S/C11H15F3O5/c1-3-18-8(15)5-7(6-9(16)19-4-2)10(17)11(12,13)14/h7H,3-6H2,1-2H3. The molecule has 8 heteroatoms. The van der Waals surface area contributed by atoms with Crippen LogP contribution in [0.15, 0.2) is 0 Å². The van der Waals surface area contributed by atoms with Gasteiger partial charge in [0, 0.05) is 5.92 Å². The highest BCUT2D eigenvalue weighted by Crippen LogP contribution is 2.25. The summed E-state index contributed by atoms with van der Waals surface area (Å²) in [6.45, 7) is 2.91. The van der Waals surface area contributed by atoms with Crippen molar-refractivity contribution in [1.82, 2.24) is 0 Å². The molecule has 0 fully saturated rings. The lowest BCUT2D eigenvalue weighted by molar-refractivity contribution is -0.178. The van der Waals surface area contributed by atoms with E-state index in [9.17, 15) is 27.6 Å². The Balaban J connectivity index is 4.78. The van der Waals surface area contributed by atoms with Crippen LogP contribution < -0.4 is 0 Å². The molecule has 19 heavy (non-hydrogen) atoms. The second kappa shape index (κ2) is 7.75. The summed E-state index contributed by atoms with van der Waals surface area (Å²) in [5, 5.41) is 0. The molecule has 0 unspecified atom stereocenters. The van der Waals surface area contributed by atoms with Crippen molar-refractivity contribution in [3.05, 3.63) is 0 Å². The van der Waals surface area contributed by atoms with E-state index in [1.165, 1.54) is 13.8 Å². The average molecular weight is 284 g/mol.